The maximum absolute atomic E-state index is 5.49. The highest BCUT2D eigenvalue weighted by Gasteiger charge is 2.13. The summed E-state index contributed by atoms with van der Waals surface area (Å²) in [4.78, 5) is 0. The van der Waals surface area contributed by atoms with E-state index in [-0.39, 0.29) is 0 Å². The summed E-state index contributed by atoms with van der Waals surface area (Å²) in [6.07, 6.45) is 4.17. The van der Waals surface area contributed by atoms with Crippen molar-refractivity contribution in [3.63, 3.8) is 0 Å². The summed E-state index contributed by atoms with van der Waals surface area (Å²) >= 11 is 4.31. The van der Waals surface area contributed by atoms with E-state index in [1.807, 2.05) is 12.1 Å². The number of thioether (sulfide) groups is 1. The molecular weight excluding hydrogens is 321 g/mol. The van der Waals surface area contributed by atoms with Crippen LogP contribution >= 0.6 is 34.4 Å². The fourth-order valence-electron chi connectivity index (χ4n) is 1.77. The van der Waals surface area contributed by atoms with Gasteiger partial charge in [-0.05, 0) is 53.3 Å². The molecule has 0 bridgehead atoms. The molecule has 4 heteroatoms. The van der Waals surface area contributed by atoms with Gasteiger partial charge < -0.3 is 9.73 Å². The molecular formula is C11H16INOS. The van der Waals surface area contributed by atoms with Crippen molar-refractivity contribution < 1.29 is 4.42 Å². The molecule has 84 valence electrons. The Kier molecular flexibility index (Phi) is 4.84. The first-order valence-electron chi connectivity index (χ1n) is 5.41. The molecule has 0 saturated carbocycles. The molecule has 1 saturated heterocycles. The van der Waals surface area contributed by atoms with Gasteiger partial charge in [-0.15, -0.1) is 0 Å². The van der Waals surface area contributed by atoms with Gasteiger partial charge in [0.05, 0.1) is 6.54 Å². The predicted molar refractivity (Wildman–Crippen MR) is 73.2 cm³/mol. The molecule has 0 spiro atoms. The molecule has 2 heterocycles. The topological polar surface area (TPSA) is 25.2 Å². The highest BCUT2D eigenvalue weighted by atomic mass is 127. The number of furan rings is 1. The molecule has 1 N–H and O–H groups in total. The molecule has 1 aliphatic heterocycles. The third kappa shape index (κ3) is 4.00. The minimum absolute atomic E-state index is 0.813. The third-order valence-corrected chi connectivity index (χ3v) is 4.55. The van der Waals surface area contributed by atoms with E-state index in [2.05, 4.69) is 39.7 Å². The van der Waals surface area contributed by atoms with Crippen molar-refractivity contribution >= 4 is 34.4 Å². The number of hydrogen-bond acceptors (Lipinski definition) is 3. The van der Waals surface area contributed by atoms with Gasteiger partial charge in [0.1, 0.15) is 5.76 Å². The van der Waals surface area contributed by atoms with Crippen LogP contribution in [-0.2, 0) is 6.54 Å². The Bertz CT molecular complexity index is 297. The van der Waals surface area contributed by atoms with Gasteiger partial charge in [0.25, 0.3) is 0 Å². The van der Waals surface area contributed by atoms with Crippen LogP contribution in [0.25, 0.3) is 0 Å². The average molecular weight is 337 g/mol. The van der Waals surface area contributed by atoms with Crippen LogP contribution in [0.2, 0.25) is 0 Å². The van der Waals surface area contributed by atoms with Crippen molar-refractivity contribution in [2.24, 2.45) is 0 Å². The molecule has 1 aromatic heterocycles. The highest BCUT2D eigenvalue weighted by Crippen LogP contribution is 2.24. The van der Waals surface area contributed by atoms with Crippen LogP contribution in [0, 0.1) is 3.77 Å². The van der Waals surface area contributed by atoms with E-state index in [4.69, 9.17) is 4.42 Å². The molecule has 1 unspecified atom stereocenters. The zero-order valence-electron chi connectivity index (χ0n) is 8.67. The second kappa shape index (κ2) is 6.15. The number of hydrogen-bond donors (Lipinski definition) is 1. The predicted octanol–water partition coefficient (Wildman–Crippen LogP) is 3.26. The molecule has 2 nitrogen and oxygen atoms in total. The molecule has 1 aromatic rings. The standard InChI is InChI=1S/C11H16INOS/c12-11-5-4-9(14-11)7-13-8-10-3-1-2-6-15-10/h4-5,10,13H,1-3,6-8H2. The maximum atomic E-state index is 5.49. The Morgan fingerprint density at radius 1 is 1.47 bits per heavy atom. The van der Waals surface area contributed by atoms with Crippen LogP contribution < -0.4 is 5.32 Å². The van der Waals surface area contributed by atoms with E-state index >= 15 is 0 Å². The number of rotatable bonds is 4. The van der Waals surface area contributed by atoms with Crippen molar-refractivity contribution in [2.45, 2.75) is 31.1 Å². The van der Waals surface area contributed by atoms with Crippen LogP contribution in [0.5, 0.6) is 0 Å². The van der Waals surface area contributed by atoms with Crippen LogP contribution in [0.4, 0.5) is 0 Å². The van der Waals surface area contributed by atoms with Gasteiger partial charge in [-0.3, -0.25) is 0 Å². The summed E-state index contributed by atoms with van der Waals surface area (Å²) in [6, 6.07) is 4.05. The Morgan fingerprint density at radius 2 is 2.40 bits per heavy atom. The minimum atomic E-state index is 0.813. The van der Waals surface area contributed by atoms with Gasteiger partial charge >= 0.3 is 0 Å². The van der Waals surface area contributed by atoms with Crippen molar-refractivity contribution in [1.29, 1.82) is 0 Å². The Labute approximate surface area is 109 Å². The van der Waals surface area contributed by atoms with Crippen molar-refractivity contribution in [1.82, 2.24) is 5.32 Å². The molecule has 1 aliphatic rings. The Morgan fingerprint density at radius 3 is 3.07 bits per heavy atom. The summed E-state index contributed by atoms with van der Waals surface area (Å²) in [7, 11) is 0. The monoisotopic (exact) mass is 337 g/mol. The summed E-state index contributed by atoms with van der Waals surface area (Å²) in [5.74, 6) is 2.38. The first-order chi connectivity index (χ1) is 7.34. The summed E-state index contributed by atoms with van der Waals surface area (Å²) < 4.78 is 6.46. The van der Waals surface area contributed by atoms with Crippen LogP contribution in [0.3, 0.4) is 0 Å². The van der Waals surface area contributed by atoms with Crippen molar-refractivity contribution in [3.05, 3.63) is 21.7 Å². The summed E-state index contributed by atoms with van der Waals surface area (Å²) in [5, 5.41) is 4.28. The molecule has 15 heavy (non-hydrogen) atoms. The van der Waals surface area contributed by atoms with E-state index < -0.39 is 0 Å². The van der Waals surface area contributed by atoms with E-state index in [1.54, 1.807) is 0 Å². The average Bonchev–Trinajstić information content (AvgIpc) is 2.66. The largest absolute Gasteiger partial charge is 0.454 e. The summed E-state index contributed by atoms with van der Waals surface area (Å²) in [6.45, 7) is 1.97. The lowest BCUT2D eigenvalue weighted by molar-refractivity contribution is 0.460. The number of nitrogens with one attached hydrogen (secondary N) is 1. The quantitative estimate of drug-likeness (QED) is 0.854. The van der Waals surface area contributed by atoms with Gasteiger partial charge in [0.15, 0.2) is 3.77 Å². The zero-order valence-corrected chi connectivity index (χ0v) is 11.6. The van der Waals surface area contributed by atoms with E-state index in [0.717, 1.165) is 27.9 Å². The van der Waals surface area contributed by atoms with Crippen LogP contribution in [-0.4, -0.2) is 17.5 Å². The van der Waals surface area contributed by atoms with Crippen LogP contribution in [0.1, 0.15) is 25.0 Å². The molecule has 0 amide bonds. The second-order valence-electron chi connectivity index (χ2n) is 3.83. The molecule has 0 aromatic carbocycles. The smallest absolute Gasteiger partial charge is 0.164 e. The van der Waals surface area contributed by atoms with E-state index in [9.17, 15) is 0 Å². The highest BCUT2D eigenvalue weighted by molar-refractivity contribution is 14.1. The summed E-state index contributed by atoms with van der Waals surface area (Å²) in [5.41, 5.74) is 0. The van der Waals surface area contributed by atoms with Gasteiger partial charge in [-0.25, -0.2) is 0 Å². The lowest BCUT2D eigenvalue weighted by Crippen LogP contribution is -2.26. The Balaban J connectivity index is 1.65. The first kappa shape index (κ1) is 11.8. The second-order valence-corrected chi connectivity index (χ2v) is 6.30. The van der Waals surface area contributed by atoms with Gasteiger partial charge in [0, 0.05) is 11.8 Å². The first-order valence-corrected chi connectivity index (χ1v) is 7.54. The van der Waals surface area contributed by atoms with E-state index in [0.29, 0.717) is 0 Å². The van der Waals surface area contributed by atoms with Crippen molar-refractivity contribution in [3.8, 4) is 0 Å². The van der Waals surface area contributed by atoms with Gasteiger partial charge in [0.2, 0.25) is 0 Å². The minimum Gasteiger partial charge on any atom is -0.454 e. The zero-order chi connectivity index (χ0) is 10.5. The fraction of sp³-hybridized carbons (Fsp3) is 0.636. The molecule has 1 fully saturated rings. The molecule has 2 rings (SSSR count). The van der Waals surface area contributed by atoms with Crippen LogP contribution in [0.15, 0.2) is 16.5 Å². The molecule has 1 atom stereocenters. The van der Waals surface area contributed by atoms with Crippen molar-refractivity contribution in [2.75, 3.05) is 12.3 Å². The molecule has 0 aliphatic carbocycles. The normalized spacial score (nSPS) is 21.8. The maximum Gasteiger partial charge on any atom is 0.164 e. The Hall–Kier alpha value is 0.320. The molecule has 0 radical (unpaired) electrons. The number of halogens is 1. The lowest BCUT2D eigenvalue weighted by atomic mass is 10.2. The third-order valence-electron chi connectivity index (χ3n) is 2.57. The van der Waals surface area contributed by atoms with Gasteiger partial charge in [-0.1, -0.05) is 6.42 Å². The SMILES string of the molecule is Ic1ccc(CNCC2CCCCS2)o1. The fourth-order valence-corrected chi connectivity index (χ4v) is 3.51. The van der Waals surface area contributed by atoms with Gasteiger partial charge in [-0.2, -0.15) is 11.8 Å². The lowest BCUT2D eigenvalue weighted by Gasteiger charge is -2.21. The van der Waals surface area contributed by atoms with E-state index in [1.165, 1.54) is 25.0 Å².